The molecule has 13 heteroatoms. The number of nitrogens with one attached hydrogen (secondary N) is 1. The van der Waals surface area contributed by atoms with Crippen LogP contribution < -0.4 is 11.1 Å². The number of amides is 3. The molecule has 0 spiro atoms. The molecule has 1 unspecified atom stereocenters. The Kier molecular flexibility index (Phi) is 6.08. The summed E-state index contributed by atoms with van der Waals surface area (Å²) in [6.45, 7) is 1.60. The molecule has 142 valence electrons. The molecule has 3 rings (SSSR count). The van der Waals surface area contributed by atoms with E-state index in [1.165, 1.54) is 0 Å². The summed E-state index contributed by atoms with van der Waals surface area (Å²) in [7, 11) is 0. The Balaban J connectivity index is 1.64. The topological polar surface area (TPSA) is 144 Å². The lowest BCUT2D eigenvalue weighted by Gasteiger charge is -2.21. The van der Waals surface area contributed by atoms with Crippen LogP contribution in [0.4, 0.5) is 4.79 Å². The van der Waals surface area contributed by atoms with Crippen molar-refractivity contribution in [2.75, 3.05) is 26.2 Å². The van der Waals surface area contributed by atoms with Crippen LogP contribution >= 0.6 is 12.3 Å². The maximum Gasteiger partial charge on any atom is 0.346 e. The largest absolute Gasteiger partial charge is 0.354 e. The molecule has 4 N–H and O–H groups in total. The number of fused-ring (bicyclic) bond motifs is 2. The Labute approximate surface area is 152 Å². The van der Waals surface area contributed by atoms with Crippen molar-refractivity contribution in [3.63, 3.8) is 0 Å². The molecule has 0 radical (unpaired) electrons. The van der Waals surface area contributed by atoms with Gasteiger partial charge >= 0.3 is 6.03 Å². The zero-order chi connectivity index (χ0) is 18.5. The summed E-state index contributed by atoms with van der Waals surface area (Å²) in [4.78, 5) is 25.6. The third-order valence-corrected chi connectivity index (χ3v) is 4.16. The van der Waals surface area contributed by atoms with E-state index < -0.39 is 0 Å². The fourth-order valence-corrected chi connectivity index (χ4v) is 3.02. The van der Waals surface area contributed by atoms with Crippen LogP contribution in [0.1, 0.15) is 5.69 Å². The summed E-state index contributed by atoms with van der Waals surface area (Å²) < 4.78 is 10.8. The first-order valence-electron chi connectivity index (χ1n) is 7.74. The number of carbonyl (C=O) groups is 2. The molecule has 12 nitrogen and oxygen atoms in total. The third-order valence-electron chi connectivity index (χ3n) is 3.82. The first kappa shape index (κ1) is 18.6. The Morgan fingerprint density at radius 2 is 2.38 bits per heavy atom. The minimum absolute atomic E-state index is 0.150. The van der Waals surface area contributed by atoms with Gasteiger partial charge in [0.1, 0.15) is 6.04 Å². The highest BCUT2D eigenvalue weighted by Crippen LogP contribution is 2.28. The molecular formula is C13H18N6O6S. The summed E-state index contributed by atoms with van der Waals surface area (Å²) in [6, 6.07) is 1.05. The van der Waals surface area contributed by atoms with Gasteiger partial charge in [-0.05, 0) is 12.1 Å². The normalized spacial score (nSPS) is 19.1. The van der Waals surface area contributed by atoms with Gasteiger partial charge in [0.05, 0.1) is 24.4 Å². The van der Waals surface area contributed by atoms with Crippen LogP contribution in [0, 0.1) is 0 Å². The maximum absolute atomic E-state index is 12.2. The number of urea groups is 1. The molecule has 0 saturated carbocycles. The minimum Gasteiger partial charge on any atom is -0.354 e. The third kappa shape index (κ3) is 4.14. The number of hydrogen-bond acceptors (Lipinski definition) is 9. The maximum atomic E-state index is 12.2. The van der Waals surface area contributed by atoms with Gasteiger partial charge in [0, 0.05) is 25.8 Å². The Morgan fingerprint density at radius 3 is 3.15 bits per heavy atom. The molecule has 0 aromatic carbocycles. The molecule has 1 aromatic rings. The highest BCUT2D eigenvalue weighted by atomic mass is 32.2. The monoisotopic (exact) mass is 386 g/mol. The van der Waals surface area contributed by atoms with Crippen LogP contribution in [0.25, 0.3) is 5.70 Å². The van der Waals surface area contributed by atoms with Gasteiger partial charge in [0.25, 0.3) is 0 Å². The fraction of sp³-hybridized carbons (Fsp3) is 0.462. The van der Waals surface area contributed by atoms with Crippen molar-refractivity contribution < 1.29 is 28.5 Å². The molecule has 2 aliphatic rings. The lowest BCUT2D eigenvalue weighted by atomic mass is 10.2. The van der Waals surface area contributed by atoms with Gasteiger partial charge in [0.15, 0.2) is 0 Å². The molecule has 1 aromatic heterocycles. The Bertz CT molecular complexity index is 696. The second-order valence-electron chi connectivity index (χ2n) is 5.57. The molecule has 1 saturated heterocycles. The molecule has 1 atom stereocenters. The second kappa shape index (κ2) is 8.48. The van der Waals surface area contributed by atoms with Crippen molar-refractivity contribution in [2.24, 2.45) is 5.73 Å². The van der Waals surface area contributed by atoms with E-state index in [1.54, 1.807) is 21.8 Å². The summed E-state index contributed by atoms with van der Waals surface area (Å²) in [5, 5.41) is 19.7. The molecule has 3 amide bonds. The number of carbonyl (C=O) groups excluding carboxylic acids is 2. The predicted molar refractivity (Wildman–Crippen MR) is 88.3 cm³/mol. The van der Waals surface area contributed by atoms with Crippen LogP contribution in [0.3, 0.4) is 0 Å². The van der Waals surface area contributed by atoms with E-state index in [-0.39, 0.29) is 24.4 Å². The smallest absolute Gasteiger partial charge is 0.346 e. The van der Waals surface area contributed by atoms with Gasteiger partial charge in [-0.1, -0.05) is 5.04 Å². The van der Waals surface area contributed by atoms with Gasteiger partial charge in [-0.15, -0.1) is 4.33 Å². The summed E-state index contributed by atoms with van der Waals surface area (Å²) in [6.07, 6.45) is 3.72. The highest BCUT2D eigenvalue weighted by Gasteiger charge is 2.42. The first-order chi connectivity index (χ1) is 12.6. The van der Waals surface area contributed by atoms with Crippen molar-refractivity contribution in [2.45, 2.75) is 12.5 Å². The quantitative estimate of drug-likeness (QED) is 0.219. The second-order valence-corrected chi connectivity index (χ2v) is 5.99. The van der Waals surface area contributed by atoms with Crippen molar-refractivity contribution in [3.05, 3.63) is 24.0 Å². The molecule has 0 aliphatic carbocycles. The summed E-state index contributed by atoms with van der Waals surface area (Å²) in [5.41, 5.74) is 6.73. The molecule has 3 heterocycles. The predicted octanol–water partition coefficient (Wildman–Crippen LogP) is -0.623. The van der Waals surface area contributed by atoms with E-state index in [0.29, 0.717) is 44.2 Å². The van der Waals surface area contributed by atoms with E-state index in [0.717, 1.165) is 10.8 Å². The zero-order valence-corrected chi connectivity index (χ0v) is 14.4. The van der Waals surface area contributed by atoms with Gasteiger partial charge < -0.3 is 16.0 Å². The van der Waals surface area contributed by atoms with E-state index in [1.807, 2.05) is 6.08 Å². The Morgan fingerprint density at radius 1 is 1.54 bits per heavy atom. The van der Waals surface area contributed by atoms with Gasteiger partial charge in [-0.2, -0.15) is 14.4 Å². The van der Waals surface area contributed by atoms with E-state index in [4.69, 9.17) is 15.3 Å². The van der Waals surface area contributed by atoms with E-state index in [2.05, 4.69) is 19.8 Å². The van der Waals surface area contributed by atoms with Gasteiger partial charge in [-0.25, -0.2) is 14.7 Å². The van der Waals surface area contributed by atoms with Crippen LogP contribution in [0.5, 0.6) is 0 Å². The SMILES string of the molecule is NCCNC(=O)Cc1ccn(C2=CC3CN(C2)C(=O)N3OSOOO)n1. The van der Waals surface area contributed by atoms with Crippen molar-refractivity contribution >= 4 is 30.0 Å². The van der Waals surface area contributed by atoms with Crippen molar-refractivity contribution in [1.82, 2.24) is 25.1 Å². The first-order valence-corrected chi connectivity index (χ1v) is 8.41. The lowest BCUT2D eigenvalue weighted by molar-refractivity contribution is -0.435. The van der Waals surface area contributed by atoms with Crippen LogP contribution in [0.15, 0.2) is 18.3 Å². The highest BCUT2D eigenvalue weighted by molar-refractivity contribution is 7.89. The molecular weight excluding hydrogens is 368 g/mol. The van der Waals surface area contributed by atoms with Crippen LogP contribution in [0.2, 0.25) is 0 Å². The van der Waals surface area contributed by atoms with Gasteiger partial charge in [0.2, 0.25) is 18.2 Å². The van der Waals surface area contributed by atoms with Crippen molar-refractivity contribution in [1.29, 1.82) is 0 Å². The fourth-order valence-electron chi connectivity index (χ4n) is 2.73. The standard InChI is InChI=1S/C13H18N6O6S/c14-2-3-15-12(20)5-9-1-4-18(16-9)10-6-11-8-17(7-10)13(21)19(11)23-26-25-24-22/h1,4,6,11,22H,2-3,5,7-8,14H2,(H,15,20). The summed E-state index contributed by atoms with van der Waals surface area (Å²) in [5.74, 6) is -0.153. The number of nitrogens with zero attached hydrogens (tertiary/aromatic N) is 4. The number of hydroxylamine groups is 2. The molecule has 1 fully saturated rings. The average molecular weight is 386 g/mol. The molecule has 2 aliphatic heterocycles. The van der Waals surface area contributed by atoms with E-state index in [9.17, 15) is 9.59 Å². The molecule has 26 heavy (non-hydrogen) atoms. The summed E-state index contributed by atoms with van der Waals surface area (Å²) >= 11 is 0.319. The van der Waals surface area contributed by atoms with Crippen LogP contribution in [-0.2, 0) is 24.9 Å². The van der Waals surface area contributed by atoms with E-state index >= 15 is 0 Å². The lowest BCUT2D eigenvalue weighted by Crippen LogP contribution is -2.32. The van der Waals surface area contributed by atoms with Gasteiger partial charge in [-0.3, -0.25) is 4.79 Å². The van der Waals surface area contributed by atoms with Crippen molar-refractivity contribution in [3.8, 4) is 0 Å². The number of nitrogens with two attached hydrogens (primary N) is 1. The Hall–Kier alpha value is -2.16. The zero-order valence-electron chi connectivity index (χ0n) is 13.6. The number of hydrogen-bond donors (Lipinski definition) is 3. The minimum atomic E-state index is -0.346. The van der Waals surface area contributed by atoms with Crippen LogP contribution in [-0.4, -0.2) is 69.2 Å². The average Bonchev–Trinajstić information content (AvgIpc) is 3.18. The number of aromatic nitrogens is 2. The molecule has 2 bridgehead atoms. The number of rotatable bonds is 9.